The number of methoxy groups -OCH3 is 2. The van der Waals surface area contributed by atoms with Gasteiger partial charge in [0.05, 0.1) is 19.6 Å². The number of likely N-dealkylation sites (tertiary alicyclic amines) is 1. The molecule has 1 fully saturated rings. The number of aromatic nitrogens is 4. The second-order valence-corrected chi connectivity index (χ2v) is 6.99. The van der Waals surface area contributed by atoms with E-state index in [9.17, 15) is 4.79 Å². The fourth-order valence-corrected chi connectivity index (χ4v) is 3.47. The molecule has 3 heterocycles. The van der Waals surface area contributed by atoms with Gasteiger partial charge in [0.15, 0.2) is 11.5 Å². The number of nitrogens with zero attached hydrogens (tertiary/aromatic N) is 4. The zero-order chi connectivity index (χ0) is 21.8. The molecule has 1 aliphatic rings. The fourth-order valence-electron chi connectivity index (χ4n) is 3.47. The van der Waals surface area contributed by atoms with Crippen molar-refractivity contribution in [3.63, 3.8) is 0 Å². The highest BCUT2D eigenvalue weighted by atomic mass is 16.5. The Morgan fingerprint density at radius 1 is 1.26 bits per heavy atom. The van der Waals surface area contributed by atoms with Crippen LogP contribution in [0.15, 0.2) is 37.2 Å². The van der Waals surface area contributed by atoms with Gasteiger partial charge in [-0.05, 0) is 30.6 Å². The van der Waals surface area contributed by atoms with Crippen LogP contribution in [0.4, 0.5) is 5.82 Å². The molecule has 3 aromatic rings. The highest BCUT2D eigenvalue weighted by molar-refractivity contribution is 5.91. The van der Waals surface area contributed by atoms with Gasteiger partial charge in [0.25, 0.3) is 0 Å². The Hall–Kier alpha value is -4.06. The van der Waals surface area contributed by atoms with Crippen LogP contribution >= 0.6 is 0 Å². The summed E-state index contributed by atoms with van der Waals surface area (Å²) in [5.74, 6) is 8.06. The molecule has 4 rings (SSSR count). The first kappa shape index (κ1) is 20.2. The van der Waals surface area contributed by atoms with Crippen molar-refractivity contribution in [2.24, 2.45) is 0 Å². The van der Waals surface area contributed by atoms with Crippen LogP contribution in [-0.4, -0.2) is 64.3 Å². The number of ether oxygens (including phenoxy) is 2. The summed E-state index contributed by atoms with van der Waals surface area (Å²) < 4.78 is 10.6. The molecule has 2 N–H and O–H groups in total. The van der Waals surface area contributed by atoms with E-state index in [1.807, 2.05) is 12.1 Å². The standard InChI is InChI=1S/C22H22N6O3/c1-4-19(29)28-8-7-15(12-28)25-22-20-18(23-13-24-21(20)26-27-22)6-5-14-9-16(30-2)11-17(10-14)31-3/h4,9-11,13,15H,1,7-8,12H2,2-3H3,(H2,23,24,25,26,27)/t15-/m0/s1. The predicted octanol–water partition coefficient (Wildman–Crippen LogP) is 1.97. The van der Waals surface area contributed by atoms with Gasteiger partial charge in [0, 0.05) is 30.8 Å². The average Bonchev–Trinajstić information content (AvgIpc) is 3.44. The van der Waals surface area contributed by atoms with E-state index in [0.29, 0.717) is 47.1 Å². The van der Waals surface area contributed by atoms with Crippen molar-refractivity contribution in [3.05, 3.63) is 48.4 Å². The van der Waals surface area contributed by atoms with E-state index in [2.05, 4.69) is 43.9 Å². The van der Waals surface area contributed by atoms with Crippen molar-refractivity contribution in [1.29, 1.82) is 0 Å². The Morgan fingerprint density at radius 2 is 2.03 bits per heavy atom. The molecule has 1 amide bonds. The quantitative estimate of drug-likeness (QED) is 0.482. The molecule has 9 nitrogen and oxygen atoms in total. The van der Waals surface area contributed by atoms with Gasteiger partial charge in [-0.1, -0.05) is 12.5 Å². The van der Waals surface area contributed by atoms with E-state index in [1.165, 1.54) is 12.4 Å². The first-order valence-electron chi connectivity index (χ1n) is 9.73. The minimum absolute atomic E-state index is 0.0686. The molecule has 0 unspecified atom stereocenters. The number of nitrogens with one attached hydrogen (secondary N) is 2. The first-order chi connectivity index (χ1) is 15.1. The van der Waals surface area contributed by atoms with Crippen LogP contribution in [-0.2, 0) is 4.79 Å². The number of carbonyl (C=O) groups excluding carboxylic acids is 1. The fraction of sp³-hybridized carbons (Fsp3) is 0.273. The molecular weight excluding hydrogens is 396 g/mol. The molecule has 0 aliphatic carbocycles. The number of fused-ring (bicyclic) bond motifs is 1. The Balaban J connectivity index is 1.63. The SMILES string of the molecule is C=CC(=O)N1CC[C@H](Nc2n[nH]c3ncnc(C#Cc4cc(OC)cc(OC)c4)c23)C1. The lowest BCUT2D eigenvalue weighted by Crippen LogP contribution is -2.30. The zero-order valence-corrected chi connectivity index (χ0v) is 17.3. The number of amides is 1. The van der Waals surface area contributed by atoms with Crippen LogP contribution in [0.5, 0.6) is 11.5 Å². The predicted molar refractivity (Wildman–Crippen MR) is 116 cm³/mol. The highest BCUT2D eigenvalue weighted by Gasteiger charge is 2.26. The summed E-state index contributed by atoms with van der Waals surface area (Å²) in [6.45, 7) is 4.80. The molecule has 0 spiro atoms. The molecule has 1 aromatic carbocycles. The van der Waals surface area contributed by atoms with Crippen LogP contribution in [0.1, 0.15) is 17.7 Å². The number of H-pyrrole nitrogens is 1. The summed E-state index contributed by atoms with van der Waals surface area (Å²) in [6, 6.07) is 5.51. The van der Waals surface area contributed by atoms with Crippen molar-refractivity contribution in [2.45, 2.75) is 12.5 Å². The molecular formula is C22H22N6O3. The van der Waals surface area contributed by atoms with Gasteiger partial charge in [-0.25, -0.2) is 9.97 Å². The molecule has 0 saturated carbocycles. The van der Waals surface area contributed by atoms with Crippen LogP contribution in [0, 0.1) is 11.8 Å². The van der Waals surface area contributed by atoms with E-state index in [4.69, 9.17) is 9.47 Å². The third-order valence-corrected chi connectivity index (χ3v) is 5.05. The number of carbonyl (C=O) groups is 1. The topological polar surface area (TPSA) is 105 Å². The van der Waals surface area contributed by atoms with Crippen LogP contribution in [0.2, 0.25) is 0 Å². The summed E-state index contributed by atoms with van der Waals surface area (Å²) in [7, 11) is 3.19. The lowest BCUT2D eigenvalue weighted by atomic mass is 10.2. The number of hydrogen-bond acceptors (Lipinski definition) is 7. The summed E-state index contributed by atoms with van der Waals surface area (Å²) in [5.41, 5.74) is 1.86. The number of anilines is 1. The number of rotatable bonds is 5. The summed E-state index contributed by atoms with van der Waals surface area (Å²) in [5, 5.41) is 11.4. The van der Waals surface area contributed by atoms with Gasteiger partial charge in [-0.15, -0.1) is 0 Å². The molecule has 1 saturated heterocycles. The molecule has 2 aromatic heterocycles. The van der Waals surface area contributed by atoms with Crippen molar-refractivity contribution in [2.75, 3.05) is 32.6 Å². The third kappa shape index (κ3) is 4.28. The van der Waals surface area contributed by atoms with E-state index < -0.39 is 0 Å². The van der Waals surface area contributed by atoms with Crippen molar-refractivity contribution < 1.29 is 14.3 Å². The number of aromatic amines is 1. The molecule has 1 aliphatic heterocycles. The minimum Gasteiger partial charge on any atom is -0.497 e. The molecule has 158 valence electrons. The summed E-state index contributed by atoms with van der Waals surface area (Å²) >= 11 is 0. The van der Waals surface area contributed by atoms with Crippen molar-refractivity contribution >= 4 is 22.8 Å². The maximum Gasteiger partial charge on any atom is 0.246 e. The minimum atomic E-state index is -0.0696. The summed E-state index contributed by atoms with van der Waals surface area (Å²) in [4.78, 5) is 22.2. The van der Waals surface area contributed by atoms with Crippen molar-refractivity contribution in [3.8, 4) is 23.3 Å². The molecule has 1 atom stereocenters. The Labute approximate surface area is 179 Å². The first-order valence-corrected chi connectivity index (χ1v) is 9.73. The van der Waals surface area contributed by atoms with E-state index in [1.54, 1.807) is 25.2 Å². The maximum atomic E-state index is 11.8. The molecule has 0 radical (unpaired) electrons. The monoisotopic (exact) mass is 418 g/mol. The highest BCUT2D eigenvalue weighted by Crippen LogP contribution is 2.25. The second-order valence-electron chi connectivity index (χ2n) is 6.99. The van der Waals surface area contributed by atoms with E-state index in [-0.39, 0.29) is 11.9 Å². The van der Waals surface area contributed by atoms with Gasteiger partial charge in [-0.2, -0.15) is 5.10 Å². The lowest BCUT2D eigenvalue weighted by Gasteiger charge is -2.15. The van der Waals surface area contributed by atoms with Crippen LogP contribution in [0.3, 0.4) is 0 Å². The van der Waals surface area contributed by atoms with Gasteiger partial charge in [0.1, 0.15) is 23.5 Å². The number of hydrogen-bond donors (Lipinski definition) is 2. The van der Waals surface area contributed by atoms with Crippen molar-refractivity contribution in [1.82, 2.24) is 25.1 Å². The van der Waals surface area contributed by atoms with E-state index >= 15 is 0 Å². The van der Waals surface area contributed by atoms with Crippen LogP contribution in [0.25, 0.3) is 11.0 Å². The average molecular weight is 418 g/mol. The summed E-state index contributed by atoms with van der Waals surface area (Å²) in [6.07, 6.45) is 3.59. The smallest absolute Gasteiger partial charge is 0.246 e. The second kappa shape index (κ2) is 8.75. The Morgan fingerprint density at radius 3 is 2.74 bits per heavy atom. The van der Waals surface area contributed by atoms with Gasteiger partial charge in [0.2, 0.25) is 5.91 Å². The normalized spacial score (nSPS) is 15.3. The Kier molecular flexibility index (Phi) is 5.71. The molecule has 9 heteroatoms. The lowest BCUT2D eigenvalue weighted by molar-refractivity contribution is -0.125. The number of benzene rings is 1. The molecule has 31 heavy (non-hydrogen) atoms. The van der Waals surface area contributed by atoms with Crippen LogP contribution < -0.4 is 14.8 Å². The van der Waals surface area contributed by atoms with Gasteiger partial charge >= 0.3 is 0 Å². The van der Waals surface area contributed by atoms with Gasteiger partial charge in [-0.3, -0.25) is 9.89 Å². The zero-order valence-electron chi connectivity index (χ0n) is 17.3. The third-order valence-electron chi connectivity index (χ3n) is 5.05. The maximum absolute atomic E-state index is 11.8. The van der Waals surface area contributed by atoms with E-state index in [0.717, 1.165) is 12.0 Å². The molecule has 0 bridgehead atoms. The van der Waals surface area contributed by atoms with Gasteiger partial charge < -0.3 is 19.7 Å². The Bertz CT molecular complexity index is 1170. The largest absolute Gasteiger partial charge is 0.497 e.